The van der Waals surface area contributed by atoms with Gasteiger partial charge in [-0.2, -0.15) is 0 Å². The maximum Gasteiger partial charge on any atom is 0.271 e. The van der Waals surface area contributed by atoms with Crippen molar-refractivity contribution in [3.05, 3.63) is 69.8 Å². The van der Waals surface area contributed by atoms with Gasteiger partial charge in [-0.1, -0.05) is 12.1 Å². The maximum absolute atomic E-state index is 13.6. The Hall–Kier alpha value is -2.50. The molecule has 0 bridgehead atoms. The summed E-state index contributed by atoms with van der Waals surface area (Å²) in [6.07, 6.45) is 0. The van der Waals surface area contributed by atoms with Crippen LogP contribution in [-0.2, 0) is 0 Å². The van der Waals surface area contributed by atoms with E-state index in [9.17, 15) is 18.9 Å². The van der Waals surface area contributed by atoms with Crippen molar-refractivity contribution in [3.63, 3.8) is 0 Å². The van der Waals surface area contributed by atoms with E-state index < -0.39 is 10.7 Å². The monoisotopic (exact) mass is 278 g/mol. The summed E-state index contributed by atoms with van der Waals surface area (Å²) in [4.78, 5) is 10.1. The minimum absolute atomic E-state index is 0.0380. The minimum atomic E-state index is -0.590. The van der Waals surface area contributed by atoms with Crippen LogP contribution in [0, 0.1) is 21.7 Å². The lowest BCUT2D eigenvalue weighted by Gasteiger charge is -2.16. The van der Waals surface area contributed by atoms with E-state index in [1.807, 2.05) is 0 Å². The van der Waals surface area contributed by atoms with Crippen LogP contribution in [0.3, 0.4) is 0 Å². The van der Waals surface area contributed by atoms with Gasteiger partial charge in [-0.15, -0.1) is 0 Å². The molecular weight excluding hydrogens is 266 g/mol. The zero-order chi connectivity index (χ0) is 14.7. The van der Waals surface area contributed by atoms with E-state index in [4.69, 9.17) is 0 Å². The summed E-state index contributed by atoms with van der Waals surface area (Å²) in [5, 5.41) is 13.5. The molecule has 2 rings (SSSR count). The summed E-state index contributed by atoms with van der Waals surface area (Å²) < 4.78 is 26.5. The smallest absolute Gasteiger partial charge is 0.271 e. The van der Waals surface area contributed by atoms with Crippen molar-refractivity contribution >= 4 is 11.4 Å². The van der Waals surface area contributed by atoms with Crippen LogP contribution in [-0.4, -0.2) is 4.92 Å². The van der Waals surface area contributed by atoms with Gasteiger partial charge in [0.15, 0.2) is 0 Å². The Kier molecular flexibility index (Phi) is 3.93. The highest BCUT2D eigenvalue weighted by molar-refractivity contribution is 5.53. The molecule has 0 heterocycles. The zero-order valence-electron chi connectivity index (χ0n) is 10.6. The van der Waals surface area contributed by atoms with Gasteiger partial charge in [-0.05, 0) is 30.7 Å². The van der Waals surface area contributed by atoms with Crippen LogP contribution in [0.5, 0.6) is 0 Å². The first kappa shape index (κ1) is 13.9. The van der Waals surface area contributed by atoms with Crippen molar-refractivity contribution in [2.45, 2.75) is 13.0 Å². The molecule has 2 aromatic carbocycles. The second-order valence-corrected chi connectivity index (χ2v) is 4.34. The van der Waals surface area contributed by atoms with E-state index >= 15 is 0 Å². The van der Waals surface area contributed by atoms with E-state index in [1.165, 1.54) is 12.1 Å². The first-order valence-electron chi connectivity index (χ1n) is 5.93. The largest absolute Gasteiger partial charge is 0.376 e. The Morgan fingerprint density at radius 2 is 1.80 bits per heavy atom. The minimum Gasteiger partial charge on any atom is -0.376 e. The molecular formula is C14H12F2N2O2. The van der Waals surface area contributed by atoms with Crippen LogP contribution >= 0.6 is 0 Å². The molecule has 104 valence electrons. The van der Waals surface area contributed by atoms with Crippen LogP contribution in [0.15, 0.2) is 42.5 Å². The van der Waals surface area contributed by atoms with Crippen molar-refractivity contribution in [2.24, 2.45) is 0 Å². The van der Waals surface area contributed by atoms with Crippen molar-refractivity contribution in [1.29, 1.82) is 0 Å². The molecule has 0 aliphatic heterocycles. The van der Waals surface area contributed by atoms with Gasteiger partial charge in [-0.25, -0.2) is 8.78 Å². The molecule has 0 radical (unpaired) electrons. The predicted octanol–water partition coefficient (Wildman–Crippen LogP) is 4.05. The van der Waals surface area contributed by atoms with Crippen molar-refractivity contribution in [2.75, 3.05) is 5.32 Å². The molecule has 4 nitrogen and oxygen atoms in total. The number of anilines is 1. The van der Waals surface area contributed by atoms with Crippen LogP contribution in [0.4, 0.5) is 20.2 Å². The quantitative estimate of drug-likeness (QED) is 0.678. The van der Waals surface area contributed by atoms with Crippen LogP contribution < -0.4 is 5.32 Å². The van der Waals surface area contributed by atoms with Gasteiger partial charge in [0.1, 0.15) is 11.6 Å². The molecule has 0 fully saturated rings. The van der Waals surface area contributed by atoms with E-state index in [2.05, 4.69) is 5.32 Å². The third-order valence-corrected chi connectivity index (χ3v) is 2.90. The summed E-state index contributed by atoms with van der Waals surface area (Å²) in [5.74, 6) is -0.938. The number of nitrogens with one attached hydrogen (secondary N) is 1. The Balaban J connectivity index is 2.22. The molecule has 0 aliphatic carbocycles. The second kappa shape index (κ2) is 5.64. The Morgan fingerprint density at radius 3 is 2.40 bits per heavy atom. The zero-order valence-corrected chi connectivity index (χ0v) is 10.6. The normalized spacial score (nSPS) is 11.9. The number of nitro groups is 1. The van der Waals surface area contributed by atoms with Crippen molar-refractivity contribution < 1.29 is 13.7 Å². The van der Waals surface area contributed by atoms with Gasteiger partial charge in [-0.3, -0.25) is 10.1 Å². The highest BCUT2D eigenvalue weighted by atomic mass is 19.1. The number of nitrogens with zero attached hydrogens (tertiary/aromatic N) is 1. The molecule has 1 atom stereocenters. The van der Waals surface area contributed by atoms with Crippen molar-refractivity contribution in [3.8, 4) is 0 Å². The Bertz CT molecular complexity index is 630. The average Bonchev–Trinajstić information content (AvgIpc) is 2.41. The lowest BCUT2D eigenvalue weighted by molar-refractivity contribution is -0.384. The van der Waals surface area contributed by atoms with E-state index in [0.717, 1.165) is 23.8 Å². The van der Waals surface area contributed by atoms with Crippen LogP contribution in [0.2, 0.25) is 0 Å². The van der Waals surface area contributed by atoms with Gasteiger partial charge in [0.2, 0.25) is 0 Å². The van der Waals surface area contributed by atoms with Crippen LogP contribution in [0.25, 0.3) is 0 Å². The third-order valence-electron chi connectivity index (χ3n) is 2.90. The fourth-order valence-electron chi connectivity index (χ4n) is 1.81. The highest BCUT2D eigenvalue weighted by Crippen LogP contribution is 2.25. The van der Waals surface area contributed by atoms with E-state index in [1.54, 1.807) is 19.1 Å². The molecule has 1 unspecified atom stereocenters. The molecule has 1 N–H and O–H groups in total. The van der Waals surface area contributed by atoms with Gasteiger partial charge >= 0.3 is 0 Å². The topological polar surface area (TPSA) is 55.2 Å². The summed E-state index contributed by atoms with van der Waals surface area (Å²) in [5.41, 5.74) is 0.591. The Morgan fingerprint density at radius 1 is 1.15 bits per heavy atom. The SMILES string of the molecule is CC(Nc1cc([N+](=O)[O-])ccc1F)c1ccc(F)cc1. The number of non-ortho nitro benzene ring substituents is 1. The molecule has 6 heteroatoms. The van der Waals surface area contributed by atoms with Gasteiger partial charge in [0.05, 0.1) is 10.6 Å². The average molecular weight is 278 g/mol. The summed E-state index contributed by atoms with van der Waals surface area (Å²) in [6, 6.07) is 8.71. The van der Waals surface area contributed by atoms with E-state index in [0.29, 0.717) is 0 Å². The number of nitro benzene ring substituents is 1. The van der Waals surface area contributed by atoms with Gasteiger partial charge in [0, 0.05) is 18.2 Å². The lowest BCUT2D eigenvalue weighted by Crippen LogP contribution is -2.08. The van der Waals surface area contributed by atoms with Gasteiger partial charge < -0.3 is 5.32 Å². The van der Waals surface area contributed by atoms with Gasteiger partial charge in [0.25, 0.3) is 5.69 Å². The molecule has 0 spiro atoms. The first-order chi connectivity index (χ1) is 9.47. The molecule has 0 aromatic heterocycles. The molecule has 0 amide bonds. The Labute approximate surface area is 114 Å². The molecule has 20 heavy (non-hydrogen) atoms. The lowest BCUT2D eigenvalue weighted by atomic mass is 10.1. The number of rotatable bonds is 4. The fraction of sp³-hybridized carbons (Fsp3) is 0.143. The third kappa shape index (κ3) is 3.09. The summed E-state index contributed by atoms with van der Waals surface area (Å²) in [6.45, 7) is 1.76. The number of hydrogen-bond donors (Lipinski definition) is 1. The number of halogens is 2. The first-order valence-corrected chi connectivity index (χ1v) is 5.93. The maximum atomic E-state index is 13.6. The molecule has 2 aromatic rings. The standard InChI is InChI=1S/C14H12F2N2O2/c1-9(10-2-4-11(15)5-3-10)17-14-8-12(18(19)20)6-7-13(14)16/h2-9,17H,1H3. The summed E-state index contributed by atoms with van der Waals surface area (Å²) >= 11 is 0. The molecule has 0 saturated carbocycles. The van der Waals surface area contributed by atoms with E-state index in [-0.39, 0.29) is 23.2 Å². The number of benzene rings is 2. The predicted molar refractivity (Wildman–Crippen MR) is 71.5 cm³/mol. The summed E-state index contributed by atoms with van der Waals surface area (Å²) in [7, 11) is 0. The van der Waals surface area contributed by atoms with Crippen LogP contribution in [0.1, 0.15) is 18.5 Å². The fourth-order valence-corrected chi connectivity index (χ4v) is 1.81. The van der Waals surface area contributed by atoms with Crippen molar-refractivity contribution in [1.82, 2.24) is 0 Å². The number of hydrogen-bond acceptors (Lipinski definition) is 3. The molecule has 0 saturated heterocycles. The highest BCUT2D eigenvalue weighted by Gasteiger charge is 2.13. The second-order valence-electron chi connectivity index (χ2n) is 4.34. The molecule has 0 aliphatic rings.